The number of unbranched alkanes of at least 4 members (excludes halogenated alkanes) is 2. The minimum atomic E-state index is -0.855. The Bertz CT molecular complexity index is 360. The number of carbonyl (C=O) groups is 2. The highest BCUT2D eigenvalue weighted by Gasteiger charge is 2.40. The summed E-state index contributed by atoms with van der Waals surface area (Å²) in [5.41, 5.74) is -0.410. The molecule has 0 aromatic rings. The van der Waals surface area contributed by atoms with Crippen molar-refractivity contribution in [2.75, 3.05) is 0 Å². The first-order valence-corrected chi connectivity index (χ1v) is 8.95. The van der Waals surface area contributed by atoms with Crippen LogP contribution in [0.5, 0.6) is 0 Å². The third-order valence-corrected chi connectivity index (χ3v) is 5.23. The molecule has 2 atom stereocenters. The number of carboxylic acids is 1. The lowest BCUT2D eigenvalue weighted by atomic mass is 9.79. The number of carboxylic acid groups (broad SMARTS) is 1. The van der Waals surface area contributed by atoms with E-state index in [0.29, 0.717) is 12.8 Å². The van der Waals surface area contributed by atoms with Gasteiger partial charge in [-0.25, -0.2) is 0 Å². The van der Waals surface area contributed by atoms with Crippen molar-refractivity contribution in [1.29, 1.82) is 0 Å². The van der Waals surface area contributed by atoms with Crippen molar-refractivity contribution in [3.05, 3.63) is 0 Å². The maximum absolute atomic E-state index is 12.6. The fraction of sp³-hybridized carbons (Fsp3) is 0.889. The number of hydrogen-bond acceptors (Lipinski definition) is 3. The lowest BCUT2D eigenvalue weighted by Gasteiger charge is -2.35. The Morgan fingerprint density at radius 3 is 2.14 bits per heavy atom. The summed E-state index contributed by atoms with van der Waals surface area (Å²) in [6.07, 6.45) is 8.86. The van der Waals surface area contributed by atoms with Crippen molar-refractivity contribution in [2.45, 2.75) is 90.6 Å². The second kappa shape index (κ2) is 9.16. The van der Waals surface area contributed by atoms with Gasteiger partial charge in [-0.3, -0.25) is 9.59 Å². The predicted octanol–water partition coefficient (Wildman–Crippen LogP) is 4.56. The molecule has 1 N–H and O–H groups in total. The Balaban J connectivity index is 2.74. The molecule has 0 spiro atoms. The van der Waals surface area contributed by atoms with Gasteiger partial charge in [0, 0.05) is 0 Å². The normalized spacial score (nSPS) is 22.3. The van der Waals surface area contributed by atoms with Crippen LogP contribution in [0.1, 0.15) is 85.0 Å². The van der Waals surface area contributed by atoms with Gasteiger partial charge < -0.3 is 9.84 Å². The molecule has 1 rings (SSSR count). The van der Waals surface area contributed by atoms with E-state index >= 15 is 0 Å². The van der Waals surface area contributed by atoms with Crippen molar-refractivity contribution < 1.29 is 19.4 Å². The molecule has 0 heterocycles. The largest absolute Gasteiger partial charge is 0.481 e. The first-order valence-electron chi connectivity index (χ1n) is 8.95. The van der Waals surface area contributed by atoms with Crippen LogP contribution in [0, 0.1) is 11.8 Å². The van der Waals surface area contributed by atoms with E-state index in [1.165, 1.54) is 0 Å². The Morgan fingerprint density at radius 1 is 1.05 bits per heavy atom. The van der Waals surface area contributed by atoms with E-state index in [2.05, 4.69) is 20.8 Å². The zero-order valence-corrected chi connectivity index (χ0v) is 14.4. The Hall–Kier alpha value is -1.06. The van der Waals surface area contributed by atoms with Crippen LogP contribution in [0.2, 0.25) is 0 Å². The van der Waals surface area contributed by atoms with Crippen LogP contribution in [0.25, 0.3) is 0 Å². The molecular formula is C18H32O4. The standard InChI is InChI=1S/C18H32O4/c1-4-7-10-13-18(5-2,6-3)22-17(21)15-12-9-8-11-14(15)16(19)20/h14-15H,4-13H2,1-3H3,(H,19,20). The summed E-state index contributed by atoms with van der Waals surface area (Å²) in [7, 11) is 0. The second-order valence-electron chi connectivity index (χ2n) is 6.60. The summed E-state index contributed by atoms with van der Waals surface area (Å²) in [5, 5.41) is 9.34. The van der Waals surface area contributed by atoms with E-state index < -0.39 is 23.4 Å². The summed E-state index contributed by atoms with van der Waals surface area (Å²) in [4.78, 5) is 24.0. The monoisotopic (exact) mass is 312 g/mol. The summed E-state index contributed by atoms with van der Waals surface area (Å²) in [6, 6.07) is 0. The molecule has 2 unspecified atom stereocenters. The molecule has 0 bridgehead atoms. The van der Waals surface area contributed by atoms with E-state index in [1.54, 1.807) is 0 Å². The summed E-state index contributed by atoms with van der Waals surface area (Å²) in [5.74, 6) is -2.17. The maximum Gasteiger partial charge on any atom is 0.310 e. The molecule has 1 fully saturated rings. The lowest BCUT2D eigenvalue weighted by molar-refractivity contribution is -0.174. The van der Waals surface area contributed by atoms with E-state index in [-0.39, 0.29) is 5.97 Å². The quantitative estimate of drug-likeness (QED) is 0.501. The minimum Gasteiger partial charge on any atom is -0.481 e. The second-order valence-corrected chi connectivity index (χ2v) is 6.60. The van der Waals surface area contributed by atoms with Crippen molar-refractivity contribution in [3.63, 3.8) is 0 Å². The molecule has 4 nitrogen and oxygen atoms in total. The van der Waals surface area contributed by atoms with Crippen LogP contribution in [0.3, 0.4) is 0 Å². The van der Waals surface area contributed by atoms with Gasteiger partial charge in [-0.1, -0.05) is 46.5 Å². The van der Waals surface area contributed by atoms with Crippen LogP contribution < -0.4 is 0 Å². The molecule has 0 aromatic carbocycles. The van der Waals surface area contributed by atoms with E-state index in [0.717, 1.165) is 51.4 Å². The number of rotatable bonds is 9. The third kappa shape index (κ3) is 4.99. The molecule has 1 aliphatic carbocycles. The van der Waals surface area contributed by atoms with Gasteiger partial charge in [0.05, 0.1) is 11.8 Å². The van der Waals surface area contributed by atoms with Crippen molar-refractivity contribution in [1.82, 2.24) is 0 Å². The first kappa shape index (κ1) is 19.0. The highest BCUT2D eigenvalue weighted by molar-refractivity contribution is 5.81. The highest BCUT2D eigenvalue weighted by Crippen LogP contribution is 2.35. The van der Waals surface area contributed by atoms with Crippen molar-refractivity contribution >= 4 is 11.9 Å². The SMILES string of the molecule is CCCCCC(CC)(CC)OC(=O)C1CCCCC1C(=O)O. The minimum absolute atomic E-state index is 0.285. The number of aliphatic carboxylic acids is 1. The van der Waals surface area contributed by atoms with Crippen LogP contribution in [-0.2, 0) is 14.3 Å². The molecule has 0 amide bonds. The molecule has 0 saturated heterocycles. The molecule has 128 valence electrons. The maximum atomic E-state index is 12.6. The van der Waals surface area contributed by atoms with E-state index in [4.69, 9.17) is 4.74 Å². The summed E-state index contributed by atoms with van der Waals surface area (Å²) >= 11 is 0. The van der Waals surface area contributed by atoms with Gasteiger partial charge in [-0.2, -0.15) is 0 Å². The average molecular weight is 312 g/mol. The predicted molar refractivity (Wildman–Crippen MR) is 86.6 cm³/mol. The topological polar surface area (TPSA) is 63.6 Å². The van der Waals surface area contributed by atoms with Gasteiger partial charge in [0.25, 0.3) is 0 Å². The highest BCUT2D eigenvalue weighted by atomic mass is 16.6. The van der Waals surface area contributed by atoms with Crippen molar-refractivity contribution in [3.8, 4) is 0 Å². The van der Waals surface area contributed by atoms with Gasteiger partial charge in [0.15, 0.2) is 0 Å². The van der Waals surface area contributed by atoms with Gasteiger partial charge in [0.1, 0.15) is 5.60 Å². The van der Waals surface area contributed by atoms with Crippen LogP contribution in [0.4, 0.5) is 0 Å². The fourth-order valence-electron chi connectivity index (χ4n) is 3.49. The molecular weight excluding hydrogens is 280 g/mol. The van der Waals surface area contributed by atoms with Crippen molar-refractivity contribution in [2.24, 2.45) is 11.8 Å². The Morgan fingerprint density at radius 2 is 1.64 bits per heavy atom. The Labute approximate surface area is 134 Å². The number of carbonyl (C=O) groups excluding carboxylic acids is 1. The fourth-order valence-corrected chi connectivity index (χ4v) is 3.49. The molecule has 0 radical (unpaired) electrons. The number of hydrogen-bond donors (Lipinski definition) is 1. The molecule has 1 saturated carbocycles. The average Bonchev–Trinajstić information content (AvgIpc) is 2.54. The summed E-state index contributed by atoms with van der Waals surface area (Å²) < 4.78 is 5.90. The summed E-state index contributed by atoms with van der Waals surface area (Å²) in [6.45, 7) is 6.27. The lowest BCUT2D eigenvalue weighted by Crippen LogP contribution is -2.40. The first-order chi connectivity index (χ1) is 10.5. The van der Waals surface area contributed by atoms with Gasteiger partial charge in [-0.05, 0) is 38.5 Å². The molecule has 1 aliphatic rings. The van der Waals surface area contributed by atoms with E-state index in [9.17, 15) is 14.7 Å². The number of ether oxygens (including phenoxy) is 1. The zero-order chi connectivity index (χ0) is 16.6. The third-order valence-electron chi connectivity index (χ3n) is 5.23. The van der Waals surface area contributed by atoms with Crippen LogP contribution >= 0.6 is 0 Å². The van der Waals surface area contributed by atoms with Gasteiger partial charge in [-0.15, -0.1) is 0 Å². The smallest absolute Gasteiger partial charge is 0.310 e. The molecule has 22 heavy (non-hydrogen) atoms. The van der Waals surface area contributed by atoms with Crippen LogP contribution in [0.15, 0.2) is 0 Å². The van der Waals surface area contributed by atoms with Crippen LogP contribution in [-0.4, -0.2) is 22.6 Å². The molecule has 4 heteroatoms. The Kier molecular flexibility index (Phi) is 7.91. The van der Waals surface area contributed by atoms with Gasteiger partial charge >= 0.3 is 11.9 Å². The zero-order valence-electron chi connectivity index (χ0n) is 14.4. The molecule has 0 aromatic heterocycles. The number of esters is 1. The van der Waals surface area contributed by atoms with E-state index in [1.807, 2.05) is 0 Å². The molecule has 0 aliphatic heterocycles. The van der Waals surface area contributed by atoms with Gasteiger partial charge in [0.2, 0.25) is 0 Å².